The van der Waals surface area contributed by atoms with Crippen LogP contribution in [-0.4, -0.2) is 34.9 Å². The van der Waals surface area contributed by atoms with Crippen LogP contribution >= 0.6 is 0 Å². The van der Waals surface area contributed by atoms with Gasteiger partial charge in [-0.05, 0) is 38.0 Å². The second-order valence-electron chi connectivity index (χ2n) is 4.51. The van der Waals surface area contributed by atoms with Crippen molar-refractivity contribution in [2.45, 2.75) is 30.4 Å². The van der Waals surface area contributed by atoms with Crippen LogP contribution in [0.25, 0.3) is 0 Å². The normalized spacial score (nSPS) is 12.8. The summed E-state index contributed by atoms with van der Waals surface area (Å²) in [5.41, 5.74) is 0.825. The van der Waals surface area contributed by atoms with Gasteiger partial charge in [-0.1, -0.05) is 12.1 Å². The highest BCUT2D eigenvalue weighted by molar-refractivity contribution is 7.92. The lowest BCUT2D eigenvalue weighted by atomic mass is 10.2. The van der Waals surface area contributed by atoms with Crippen molar-refractivity contribution in [3.8, 4) is 0 Å². The highest BCUT2D eigenvalue weighted by atomic mass is 32.2. The van der Waals surface area contributed by atoms with E-state index in [-0.39, 0.29) is 11.5 Å². The molecule has 0 aliphatic carbocycles. The molecule has 0 aromatic heterocycles. The van der Waals surface area contributed by atoms with Crippen molar-refractivity contribution in [1.29, 1.82) is 0 Å². The molecule has 0 amide bonds. The molecule has 1 aromatic carbocycles. The Hall–Kier alpha value is -0.920. The minimum absolute atomic E-state index is 0.0507. The van der Waals surface area contributed by atoms with Gasteiger partial charge < -0.3 is 0 Å². The fourth-order valence-electron chi connectivity index (χ4n) is 1.43. The third-order valence-electron chi connectivity index (χ3n) is 2.56. The van der Waals surface area contributed by atoms with Crippen LogP contribution in [0.1, 0.15) is 19.4 Å². The molecule has 108 valence electrons. The van der Waals surface area contributed by atoms with Crippen LogP contribution in [0.3, 0.4) is 0 Å². The minimum atomic E-state index is -3.43. The molecule has 5 nitrogen and oxygen atoms in total. The Bertz CT molecular complexity index is 613. The van der Waals surface area contributed by atoms with Gasteiger partial charge in [0, 0.05) is 0 Å². The van der Waals surface area contributed by atoms with Crippen molar-refractivity contribution in [2.24, 2.45) is 0 Å². The molecule has 0 atom stereocenters. The molecule has 0 N–H and O–H groups in total. The molecular weight excluding hydrogens is 288 g/mol. The van der Waals surface area contributed by atoms with Crippen LogP contribution in [0.2, 0.25) is 0 Å². The van der Waals surface area contributed by atoms with Gasteiger partial charge in [-0.15, -0.1) is 0 Å². The zero-order chi connectivity index (χ0) is 14.7. The topological polar surface area (TPSA) is 77.5 Å². The minimum Gasteiger partial charge on any atom is -0.270 e. The molecule has 1 aromatic rings. The van der Waals surface area contributed by atoms with Crippen molar-refractivity contribution in [3.63, 3.8) is 0 Å². The van der Waals surface area contributed by atoms with Gasteiger partial charge in [0.2, 0.25) is 0 Å². The van der Waals surface area contributed by atoms with Crippen LogP contribution < -0.4 is 0 Å². The molecule has 0 radical (unpaired) electrons. The number of benzene rings is 1. The smallest absolute Gasteiger partial charge is 0.264 e. The Morgan fingerprint density at radius 2 is 1.58 bits per heavy atom. The van der Waals surface area contributed by atoms with Gasteiger partial charge in [0.05, 0.1) is 23.0 Å². The maximum absolute atomic E-state index is 11.9. The second kappa shape index (κ2) is 6.02. The Kier molecular flexibility index (Phi) is 5.11. The molecule has 0 aliphatic heterocycles. The third kappa shape index (κ3) is 4.93. The van der Waals surface area contributed by atoms with Gasteiger partial charge in [0.1, 0.15) is 0 Å². The van der Waals surface area contributed by atoms with E-state index in [4.69, 9.17) is 0 Å². The molecule has 0 bridgehead atoms. The summed E-state index contributed by atoms with van der Waals surface area (Å²) in [6.07, 6.45) is 1.40. The largest absolute Gasteiger partial charge is 0.270 e. The van der Waals surface area contributed by atoms with E-state index < -0.39 is 25.2 Å². The molecule has 0 heterocycles. The fraction of sp³-hybridized carbons (Fsp3) is 0.500. The standard InChI is InChI=1S/C12H18O5S2/c1-10(2)19(15,16)12-6-4-11(5-7-12)8-9-17-18(3,13)14/h4-7,10H,8-9H2,1-3H3. The molecule has 0 saturated carbocycles. The monoisotopic (exact) mass is 306 g/mol. The summed E-state index contributed by atoms with van der Waals surface area (Å²) >= 11 is 0. The van der Waals surface area contributed by atoms with Gasteiger partial charge in [0.15, 0.2) is 9.84 Å². The molecule has 0 aliphatic rings. The zero-order valence-electron chi connectivity index (χ0n) is 11.2. The van der Waals surface area contributed by atoms with Crippen LogP contribution in [0, 0.1) is 0 Å². The quantitative estimate of drug-likeness (QED) is 0.742. The summed E-state index contributed by atoms with van der Waals surface area (Å²) in [7, 11) is -6.70. The number of sulfone groups is 1. The summed E-state index contributed by atoms with van der Waals surface area (Å²) < 4.78 is 50.0. The molecule has 0 unspecified atom stereocenters. The van der Waals surface area contributed by atoms with Gasteiger partial charge in [-0.3, -0.25) is 4.18 Å². The second-order valence-corrected chi connectivity index (χ2v) is 8.66. The highest BCUT2D eigenvalue weighted by Gasteiger charge is 2.18. The van der Waals surface area contributed by atoms with Crippen LogP contribution in [0.4, 0.5) is 0 Å². The van der Waals surface area contributed by atoms with E-state index in [1.807, 2.05) is 0 Å². The van der Waals surface area contributed by atoms with E-state index in [2.05, 4.69) is 4.18 Å². The Balaban J connectivity index is 2.73. The van der Waals surface area contributed by atoms with E-state index >= 15 is 0 Å². The van der Waals surface area contributed by atoms with Gasteiger partial charge >= 0.3 is 0 Å². The number of hydrogen-bond donors (Lipinski definition) is 0. The van der Waals surface area contributed by atoms with Gasteiger partial charge in [-0.25, -0.2) is 8.42 Å². The molecular formula is C12H18O5S2. The maximum Gasteiger partial charge on any atom is 0.264 e. The Morgan fingerprint density at radius 1 is 1.05 bits per heavy atom. The summed E-state index contributed by atoms with van der Waals surface area (Å²) in [6, 6.07) is 6.40. The molecule has 1 rings (SSSR count). The first-order chi connectivity index (χ1) is 8.63. The van der Waals surface area contributed by atoms with E-state index in [0.29, 0.717) is 6.42 Å². The molecule has 0 fully saturated rings. The maximum atomic E-state index is 11.9. The van der Waals surface area contributed by atoms with Crippen molar-refractivity contribution in [1.82, 2.24) is 0 Å². The molecule has 19 heavy (non-hydrogen) atoms. The lowest BCUT2D eigenvalue weighted by Gasteiger charge is -2.08. The van der Waals surface area contributed by atoms with Crippen molar-refractivity contribution in [2.75, 3.05) is 12.9 Å². The zero-order valence-corrected chi connectivity index (χ0v) is 12.8. The summed E-state index contributed by atoms with van der Waals surface area (Å²) in [5, 5.41) is -0.466. The third-order valence-corrected chi connectivity index (χ3v) is 5.33. The average molecular weight is 306 g/mol. The van der Waals surface area contributed by atoms with Crippen LogP contribution in [-0.2, 0) is 30.6 Å². The first-order valence-corrected chi connectivity index (χ1v) is 9.16. The SMILES string of the molecule is CC(C)S(=O)(=O)c1ccc(CCOS(C)(=O)=O)cc1. The van der Waals surface area contributed by atoms with Crippen molar-refractivity contribution in [3.05, 3.63) is 29.8 Å². The van der Waals surface area contributed by atoms with Crippen LogP contribution in [0.15, 0.2) is 29.2 Å². The molecule has 0 spiro atoms. The number of rotatable bonds is 6. The van der Waals surface area contributed by atoms with Gasteiger partial charge in [-0.2, -0.15) is 8.42 Å². The van der Waals surface area contributed by atoms with Crippen molar-refractivity contribution < 1.29 is 21.0 Å². The predicted octanol–water partition coefficient (Wildman–Crippen LogP) is 1.39. The van der Waals surface area contributed by atoms with E-state index in [1.165, 1.54) is 12.1 Å². The Morgan fingerprint density at radius 3 is 2.00 bits per heavy atom. The van der Waals surface area contributed by atoms with E-state index in [9.17, 15) is 16.8 Å². The van der Waals surface area contributed by atoms with Crippen LogP contribution in [0.5, 0.6) is 0 Å². The lowest BCUT2D eigenvalue weighted by molar-refractivity contribution is 0.326. The summed E-state index contributed by atoms with van der Waals surface area (Å²) in [6.45, 7) is 3.31. The van der Waals surface area contributed by atoms with Gasteiger partial charge in [0.25, 0.3) is 10.1 Å². The first kappa shape index (κ1) is 16.1. The fourth-order valence-corrected chi connectivity index (χ4v) is 2.87. The first-order valence-electron chi connectivity index (χ1n) is 5.80. The summed E-state index contributed by atoms with van der Waals surface area (Å²) in [5.74, 6) is 0. The Labute approximate surface area is 114 Å². The lowest BCUT2D eigenvalue weighted by Crippen LogP contribution is -2.14. The summed E-state index contributed by atoms with van der Waals surface area (Å²) in [4.78, 5) is 0.273. The van der Waals surface area contributed by atoms with E-state index in [1.54, 1.807) is 26.0 Å². The van der Waals surface area contributed by atoms with E-state index in [0.717, 1.165) is 11.8 Å². The predicted molar refractivity (Wildman–Crippen MR) is 73.3 cm³/mol. The molecule has 0 saturated heterocycles. The molecule has 7 heteroatoms. The highest BCUT2D eigenvalue weighted by Crippen LogP contribution is 2.16. The number of hydrogen-bond acceptors (Lipinski definition) is 5. The van der Waals surface area contributed by atoms with Crippen molar-refractivity contribution >= 4 is 20.0 Å². The average Bonchev–Trinajstić information content (AvgIpc) is 2.27.